The highest BCUT2D eigenvalue weighted by molar-refractivity contribution is 5.95. The highest BCUT2D eigenvalue weighted by Gasteiger charge is 2.34. The number of amides is 2. The fourth-order valence-electron chi connectivity index (χ4n) is 3.97. The van der Waals surface area contributed by atoms with Crippen molar-refractivity contribution in [2.24, 2.45) is 0 Å². The van der Waals surface area contributed by atoms with Gasteiger partial charge in [0.15, 0.2) is 5.82 Å². The van der Waals surface area contributed by atoms with Crippen LogP contribution in [0.2, 0.25) is 0 Å². The molecular weight excluding hydrogens is 423 g/mol. The topological polar surface area (TPSA) is 101 Å². The van der Waals surface area contributed by atoms with Crippen LogP contribution in [0, 0.1) is 26.6 Å². The number of carbonyl (C=O) groups excluding carboxylic acids is 2. The number of likely N-dealkylation sites (tertiary alicyclic amines) is 1. The zero-order valence-corrected chi connectivity index (χ0v) is 18.8. The van der Waals surface area contributed by atoms with Gasteiger partial charge in [-0.3, -0.25) is 9.59 Å². The molecule has 1 fully saturated rings. The molecule has 2 aromatic heterocycles. The van der Waals surface area contributed by atoms with Crippen LogP contribution in [0.4, 0.5) is 4.39 Å². The fourth-order valence-corrected chi connectivity index (χ4v) is 3.97. The van der Waals surface area contributed by atoms with E-state index in [-0.39, 0.29) is 30.2 Å². The molecule has 8 nitrogen and oxygen atoms in total. The van der Waals surface area contributed by atoms with Gasteiger partial charge in [-0.25, -0.2) is 24.3 Å². The minimum atomic E-state index is -0.325. The van der Waals surface area contributed by atoms with Gasteiger partial charge in [0.1, 0.15) is 11.6 Å². The zero-order valence-electron chi connectivity index (χ0n) is 18.8. The van der Waals surface area contributed by atoms with Crippen LogP contribution in [0.5, 0.6) is 0 Å². The predicted molar refractivity (Wildman–Crippen MR) is 119 cm³/mol. The number of rotatable bonds is 5. The summed E-state index contributed by atoms with van der Waals surface area (Å²) in [6, 6.07) is 5.67. The first-order chi connectivity index (χ1) is 15.8. The van der Waals surface area contributed by atoms with Gasteiger partial charge in [-0.05, 0) is 51.3 Å². The van der Waals surface area contributed by atoms with Gasteiger partial charge in [-0.15, -0.1) is 0 Å². The molecule has 1 aromatic carbocycles. The predicted octanol–water partition coefficient (Wildman–Crippen LogP) is 3.24. The Morgan fingerprint density at radius 2 is 1.73 bits per heavy atom. The summed E-state index contributed by atoms with van der Waals surface area (Å²) in [5.41, 5.74) is 2.80. The number of aromatic nitrogens is 4. The van der Waals surface area contributed by atoms with E-state index in [1.54, 1.807) is 44.0 Å². The highest BCUT2D eigenvalue weighted by atomic mass is 19.1. The van der Waals surface area contributed by atoms with E-state index in [0.717, 1.165) is 18.4 Å². The third-order valence-electron chi connectivity index (χ3n) is 5.75. The minimum absolute atomic E-state index is 0.141. The van der Waals surface area contributed by atoms with E-state index in [1.807, 2.05) is 0 Å². The molecule has 170 valence electrons. The second-order valence-electron chi connectivity index (χ2n) is 8.11. The third kappa shape index (κ3) is 4.87. The van der Waals surface area contributed by atoms with E-state index < -0.39 is 0 Å². The normalized spacial score (nSPS) is 15.5. The quantitative estimate of drug-likeness (QED) is 0.643. The summed E-state index contributed by atoms with van der Waals surface area (Å²) in [4.78, 5) is 45.0. The van der Waals surface area contributed by atoms with Crippen LogP contribution in [0.15, 0.2) is 36.7 Å². The van der Waals surface area contributed by atoms with Crippen LogP contribution in [-0.2, 0) is 6.54 Å². The van der Waals surface area contributed by atoms with Crippen molar-refractivity contribution in [3.63, 3.8) is 0 Å². The Hall–Kier alpha value is -3.75. The molecule has 0 radical (unpaired) electrons. The largest absolute Gasteiger partial charge is 0.348 e. The molecule has 9 heteroatoms. The molecule has 0 spiro atoms. The van der Waals surface area contributed by atoms with Crippen molar-refractivity contribution in [1.29, 1.82) is 0 Å². The Bertz CT molecular complexity index is 1200. The zero-order chi connectivity index (χ0) is 23.5. The van der Waals surface area contributed by atoms with E-state index in [2.05, 4.69) is 25.3 Å². The first-order valence-corrected chi connectivity index (χ1v) is 10.8. The van der Waals surface area contributed by atoms with Crippen molar-refractivity contribution in [3.8, 4) is 0 Å². The molecule has 0 aliphatic carbocycles. The average molecular weight is 449 g/mol. The number of benzene rings is 1. The summed E-state index contributed by atoms with van der Waals surface area (Å²) in [7, 11) is 0. The summed E-state index contributed by atoms with van der Waals surface area (Å²) < 4.78 is 13.0. The lowest BCUT2D eigenvalue weighted by molar-refractivity contribution is 0.0727. The molecule has 33 heavy (non-hydrogen) atoms. The first kappa shape index (κ1) is 22.4. The standard InChI is InChI=1S/C24H25FN6O2/c1-14-19(23(32)28-11-17-6-8-18(25)9-7-17)12-27-22(30-14)21-5-4-10-31(21)24(33)20-13-26-16(3)29-15(20)2/h6-9,12-13,21H,4-5,10-11H2,1-3H3,(H,28,32)/t21-/m0/s1. The molecule has 1 atom stereocenters. The van der Waals surface area contributed by atoms with Gasteiger partial charge in [-0.2, -0.15) is 0 Å². The van der Waals surface area contributed by atoms with Crippen LogP contribution >= 0.6 is 0 Å². The van der Waals surface area contributed by atoms with Crippen LogP contribution in [0.1, 0.15) is 68.2 Å². The summed E-state index contributed by atoms with van der Waals surface area (Å²) in [5, 5.41) is 2.80. The minimum Gasteiger partial charge on any atom is -0.348 e. The van der Waals surface area contributed by atoms with Gasteiger partial charge in [0.25, 0.3) is 11.8 Å². The van der Waals surface area contributed by atoms with Crippen molar-refractivity contribution in [3.05, 3.63) is 82.2 Å². The maximum Gasteiger partial charge on any atom is 0.257 e. The summed E-state index contributed by atoms with van der Waals surface area (Å²) >= 11 is 0. The molecule has 4 rings (SSSR count). The second-order valence-corrected chi connectivity index (χ2v) is 8.11. The average Bonchev–Trinajstić information content (AvgIpc) is 3.28. The van der Waals surface area contributed by atoms with Gasteiger partial charge >= 0.3 is 0 Å². The second kappa shape index (κ2) is 9.40. The first-order valence-electron chi connectivity index (χ1n) is 10.8. The summed E-state index contributed by atoms with van der Waals surface area (Å²) in [5.74, 6) is 0.357. The maximum absolute atomic E-state index is 13.2. The van der Waals surface area contributed by atoms with Gasteiger partial charge in [0, 0.05) is 25.5 Å². The van der Waals surface area contributed by atoms with E-state index >= 15 is 0 Å². The van der Waals surface area contributed by atoms with E-state index in [0.29, 0.717) is 40.7 Å². The molecule has 0 bridgehead atoms. The highest BCUT2D eigenvalue weighted by Crippen LogP contribution is 2.31. The van der Waals surface area contributed by atoms with Crippen molar-refractivity contribution < 1.29 is 14.0 Å². The van der Waals surface area contributed by atoms with Gasteiger partial charge < -0.3 is 10.2 Å². The Morgan fingerprint density at radius 1 is 1.03 bits per heavy atom. The molecule has 0 saturated carbocycles. The number of nitrogens with zero attached hydrogens (tertiary/aromatic N) is 5. The van der Waals surface area contributed by atoms with Crippen LogP contribution in [0.3, 0.4) is 0 Å². The van der Waals surface area contributed by atoms with E-state index in [1.165, 1.54) is 18.3 Å². The van der Waals surface area contributed by atoms with Crippen LogP contribution in [-0.4, -0.2) is 43.2 Å². The van der Waals surface area contributed by atoms with Crippen LogP contribution < -0.4 is 5.32 Å². The van der Waals surface area contributed by atoms with Crippen molar-refractivity contribution in [2.75, 3.05) is 6.54 Å². The Kier molecular flexibility index (Phi) is 6.39. The molecule has 1 aliphatic heterocycles. The van der Waals surface area contributed by atoms with Crippen LogP contribution in [0.25, 0.3) is 0 Å². The Morgan fingerprint density at radius 3 is 2.42 bits per heavy atom. The monoisotopic (exact) mass is 448 g/mol. The van der Waals surface area contributed by atoms with Crippen molar-refractivity contribution >= 4 is 11.8 Å². The molecule has 1 N–H and O–H groups in total. The molecule has 1 saturated heterocycles. The Labute approximate surface area is 191 Å². The molecule has 3 heterocycles. The number of hydrogen-bond donors (Lipinski definition) is 1. The lowest BCUT2D eigenvalue weighted by Crippen LogP contribution is -2.32. The molecule has 0 unspecified atom stereocenters. The van der Waals surface area contributed by atoms with Gasteiger partial charge in [0.2, 0.25) is 0 Å². The van der Waals surface area contributed by atoms with Gasteiger partial charge in [-0.1, -0.05) is 12.1 Å². The molecular formula is C24H25FN6O2. The number of halogens is 1. The molecule has 1 aliphatic rings. The number of hydrogen-bond acceptors (Lipinski definition) is 6. The third-order valence-corrected chi connectivity index (χ3v) is 5.75. The summed E-state index contributed by atoms with van der Waals surface area (Å²) in [6.45, 7) is 6.19. The lowest BCUT2D eigenvalue weighted by Gasteiger charge is -2.24. The lowest BCUT2D eigenvalue weighted by atomic mass is 10.1. The molecule has 2 amide bonds. The van der Waals surface area contributed by atoms with E-state index in [4.69, 9.17) is 0 Å². The Balaban J connectivity index is 1.48. The fraction of sp³-hybridized carbons (Fsp3) is 0.333. The van der Waals surface area contributed by atoms with Crippen molar-refractivity contribution in [1.82, 2.24) is 30.2 Å². The van der Waals surface area contributed by atoms with Gasteiger partial charge in [0.05, 0.1) is 28.6 Å². The maximum atomic E-state index is 13.2. The number of carbonyl (C=O) groups is 2. The SMILES string of the molecule is Cc1ncc(C(=O)N2CCC[C@H]2c2ncc(C(=O)NCc3ccc(F)cc3)c(C)n2)c(C)n1. The number of aryl methyl sites for hydroxylation is 3. The van der Waals surface area contributed by atoms with E-state index in [9.17, 15) is 14.0 Å². The smallest absolute Gasteiger partial charge is 0.257 e. The molecule has 3 aromatic rings. The van der Waals surface area contributed by atoms with Crippen molar-refractivity contribution in [2.45, 2.75) is 46.2 Å². The number of nitrogens with one attached hydrogen (secondary N) is 1. The summed E-state index contributed by atoms with van der Waals surface area (Å²) in [6.07, 6.45) is 4.65.